The first-order chi connectivity index (χ1) is 10.2. The van der Waals surface area contributed by atoms with Crippen molar-refractivity contribution in [3.05, 3.63) is 36.2 Å². The van der Waals surface area contributed by atoms with Crippen LogP contribution in [0.15, 0.2) is 24.8 Å². The Balaban J connectivity index is 1.78. The minimum Gasteiger partial charge on any atom is -0.335 e. The minimum atomic E-state index is 0.0854. The van der Waals surface area contributed by atoms with Crippen molar-refractivity contribution in [1.82, 2.24) is 24.2 Å². The van der Waals surface area contributed by atoms with Crippen molar-refractivity contribution in [2.75, 3.05) is 13.1 Å². The predicted molar refractivity (Wildman–Crippen MR) is 79.0 cm³/mol. The van der Waals surface area contributed by atoms with Crippen molar-refractivity contribution in [2.24, 2.45) is 0 Å². The second-order valence-corrected chi connectivity index (χ2v) is 5.54. The zero-order valence-corrected chi connectivity index (χ0v) is 12.6. The molecular weight excluding hydrogens is 266 g/mol. The van der Waals surface area contributed by atoms with Gasteiger partial charge in [-0.15, -0.1) is 0 Å². The maximum absolute atomic E-state index is 12.7. The van der Waals surface area contributed by atoms with Crippen LogP contribution in [0.3, 0.4) is 0 Å². The number of imidazole rings is 1. The number of carbonyl (C=O) groups is 1. The summed E-state index contributed by atoms with van der Waals surface area (Å²) in [5.41, 5.74) is 1.59. The third kappa shape index (κ3) is 2.70. The van der Waals surface area contributed by atoms with Crippen LogP contribution in [0.2, 0.25) is 0 Å². The van der Waals surface area contributed by atoms with E-state index in [1.54, 1.807) is 10.9 Å². The summed E-state index contributed by atoms with van der Waals surface area (Å²) in [6, 6.07) is 2.21. The number of piperidine rings is 1. The fraction of sp³-hybridized carbons (Fsp3) is 0.533. The van der Waals surface area contributed by atoms with Crippen molar-refractivity contribution in [3.63, 3.8) is 0 Å². The second-order valence-electron chi connectivity index (χ2n) is 5.54. The number of carbonyl (C=O) groups excluding carboxylic acids is 1. The molecule has 0 radical (unpaired) electrons. The Morgan fingerprint density at radius 3 is 3.05 bits per heavy atom. The third-order valence-electron chi connectivity index (χ3n) is 4.05. The van der Waals surface area contributed by atoms with Crippen LogP contribution in [-0.2, 0) is 6.54 Å². The number of rotatable bonds is 3. The van der Waals surface area contributed by atoms with E-state index in [2.05, 4.69) is 14.6 Å². The summed E-state index contributed by atoms with van der Waals surface area (Å²) in [6.45, 7) is 6.20. The van der Waals surface area contributed by atoms with Crippen molar-refractivity contribution in [3.8, 4) is 0 Å². The molecule has 1 saturated heterocycles. The fourth-order valence-corrected chi connectivity index (χ4v) is 2.99. The van der Waals surface area contributed by atoms with Gasteiger partial charge < -0.3 is 9.47 Å². The Bertz CT molecular complexity index is 616. The summed E-state index contributed by atoms with van der Waals surface area (Å²) in [7, 11) is 0. The standard InChI is InChI=1S/C15H21N5O/c1-3-20-14(9-12(2)17-20)15(21)18-7-4-5-13(10-18)19-8-6-16-11-19/h6,8-9,11,13H,3-5,7,10H2,1-2H3/t13-/m0/s1. The van der Waals surface area contributed by atoms with E-state index in [-0.39, 0.29) is 5.91 Å². The monoisotopic (exact) mass is 287 g/mol. The molecule has 112 valence electrons. The molecule has 0 unspecified atom stereocenters. The molecule has 1 fully saturated rings. The van der Waals surface area contributed by atoms with Crippen LogP contribution in [0.1, 0.15) is 42.0 Å². The second kappa shape index (κ2) is 5.71. The number of likely N-dealkylation sites (tertiary alicyclic amines) is 1. The van der Waals surface area contributed by atoms with Crippen LogP contribution in [0, 0.1) is 6.92 Å². The van der Waals surface area contributed by atoms with Crippen LogP contribution in [0.25, 0.3) is 0 Å². The molecule has 3 heterocycles. The zero-order valence-electron chi connectivity index (χ0n) is 12.6. The molecule has 0 bridgehead atoms. The average Bonchev–Trinajstić information content (AvgIpc) is 3.15. The number of aromatic nitrogens is 4. The summed E-state index contributed by atoms with van der Waals surface area (Å²) in [5, 5.41) is 4.37. The Morgan fingerprint density at radius 2 is 2.33 bits per heavy atom. The first-order valence-corrected chi connectivity index (χ1v) is 7.50. The van der Waals surface area contributed by atoms with E-state index in [9.17, 15) is 4.79 Å². The molecule has 0 N–H and O–H groups in total. The van der Waals surface area contributed by atoms with Gasteiger partial charge in [-0.1, -0.05) is 0 Å². The summed E-state index contributed by atoms with van der Waals surface area (Å²) in [5.74, 6) is 0.0854. The fourth-order valence-electron chi connectivity index (χ4n) is 2.99. The number of aryl methyl sites for hydroxylation is 2. The summed E-state index contributed by atoms with van der Waals surface area (Å²) in [4.78, 5) is 18.8. The van der Waals surface area contributed by atoms with E-state index < -0.39 is 0 Å². The molecule has 2 aromatic rings. The molecule has 1 atom stereocenters. The lowest BCUT2D eigenvalue weighted by Crippen LogP contribution is -2.41. The molecule has 0 aliphatic carbocycles. The smallest absolute Gasteiger partial charge is 0.272 e. The van der Waals surface area contributed by atoms with E-state index in [0.717, 1.165) is 31.6 Å². The quantitative estimate of drug-likeness (QED) is 0.866. The topological polar surface area (TPSA) is 56.0 Å². The maximum Gasteiger partial charge on any atom is 0.272 e. The Hall–Kier alpha value is -2.11. The third-order valence-corrected chi connectivity index (χ3v) is 4.05. The molecule has 1 aliphatic heterocycles. The van der Waals surface area contributed by atoms with Crippen LogP contribution < -0.4 is 0 Å². The molecule has 6 heteroatoms. The summed E-state index contributed by atoms with van der Waals surface area (Å²) < 4.78 is 3.89. The highest BCUT2D eigenvalue weighted by Gasteiger charge is 2.27. The SMILES string of the molecule is CCn1nc(C)cc1C(=O)N1CCC[C@H](n2ccnc2)C1. The molecular formula is C15H21N5O. The van der Waals surface area contributed by atoms with Crippen LogP contribution in [-0.4, -0.2) is 43.2 Å². The number of hydrogen-bond acceptors (Lipinski definition) is 3. The van der Waals surface area contributed by atoms with Crippen LogP contribution >= 0.6 is 0 Å². The van der Waals surface area contributed by atoms with Crippen molar-refractivity contribution < 1.29 is 4.79 Å². The van der Waals surface area contributed by atoms with Gasteiger partial charge in [0.05, 0.1) is 18.1 Å². The van der Waals surface area contributed by atoms with E-state index in [4.69, 9.17) is 0 Å². The highest BCUT2D eigenvalue weighted by atomic mass is 16.2. The van der Waals surface area contributed by atoms with Gasteiger partial charge in [-0.25, -0.2) is 4.98 Å². The lowest BCUT2D eigenvalue weighted by atomic mass is 10.1. The first kappa shape index (κ1) is 13.9. The first-order valence-electron chi connectivity index (χ1n) is 7.50. The van der Waals surface area contributed by atoms with Crippen LogP contribution in [0.5, 0.6) is 0 Å². The van der Waals surface area contributed by atoms with Gasteiger partial charge in [-0.05, 0) is 32.8 Å². The normalized spacial score (nSPS) is 19.0. The largest absolute Gasteiger partial charge is 0.335 e. The molecule has 1 aliphatic rings. The molecule has 0 aromatic carbocycles. The van der Waals surface area contributed by atoms with Gasteiger partial charge in [0.25, 0.3) is 5.91 Å². The van der Waals surface area contributed by atoms with E-state index in [1.807, 2.05) is 37.3 Å². The van der Waals surface area contributed by atoms with Gasteiger partial charge in [0.2, 0.25) is 0 Å². The lowest BCUT2D eigenvalue weighted by molar-refractivity contribution is 0.0667. The summed E-state index contributed by atoms with van der Waals surface area (Å²) >= 11 is 0. The van der Waals surface area contributed by atoms with Gasteiger partial charge in [-0.2, -0.15) is 5.10 Å². The molecule has 3 rings (SSSR count). The van der Waals surface area contributed by atoms with E-state index in [0.29, 0.717) is 18.3 Å². The average molecular weight is 287 g/mol. The van der Waals surface area contributed by atoms with E-state index in [1.165, 1.54) is 0 Å². The molecule has 21 heavy (non-hydrogen) atoms. The van der Waals surface area contributed by atoms with Crippen molar-refractivity contribution in [1.29, 1.82) is 0 Å². The van der Waals surface area contributed by atoms with E-state index >= 15 is 0 Å². The maximum atomic E-state index is 12.7. The molecule has 0 spiro atoms. The summed E-state index contributed by atoms with van der Waals surface area (Å²) in [6.07, 6.45) is 7.70. The van der Waals surface area contributed by atoms with Gasteiger partial charge in [-0.3, -0.25) is 9.48 Å². The molecule has 2 aromatic heterocycles. The van der Waals surface area contributed by atoms with Gasteiger partial charge >= 0.3 is 0 Å². The highest BCUT2D eigenvalue weighted by molar-refractivity contribution is 5.92. The van der Waals surface area contributed by atoms with Crippen molar-refractivity contribution >= 4 is 5.91 Å². The lowest BCUT2D eigenvalue weighted by Gasteiger charge is -2.33. The number of amides is 1. The van der Waals surface area contributed by atoms with Gasteiger partial charge in [0.15, 0.2) is 0 Å². The molecule has 6 nitrogen and oxygen atoms in total. The zero-order chi connectivity index (χ0) is 14.8. The number of nitrogens with zero attached hydrogens (tertiary/aromatic N) is 5. The number of hydrogen-bond donors (Lipinski definition) is 0. The van der Waals surface area contributed by atoms with Crippen molar-refractivity contribution in [2.45, 2.75) is 39.3 Å². The van der Waals surface area contributed by atoms with Gasteiger partial charge in [0.1, 0.15) is 5.69 Å². The predicted octanol–water partition coefficient (Wildman–Crippen LogP) is 1.89. The Morgan fingerprint density at radius 1 is 1.48 bits per heavy atom. The molecule has 1 amide bonds. The highest BCUT2D eigenvalue weighted by Crippen LogP contribution is 2.22. The van der Waals surface area contributed by atoms with Crippen LogP contribution in [0.4, 0.5) is 0 Å². The molecule has 0 saturated carbocycles. The Kier molecular flexibility index (Phi) is 3.77. The van der Waals surface area contributed by atoms with Gasteiger partial charge in [0, 0.05) is 32.0 Å². The Labute approximate surface area is 124 Å². The minimum absolute atomic E-state index is 0.0854.